The zero-order valence-electron chi connectivity index (χ0n) is 16.7. The molecule has 0 unspecified atom stereocenters. The average Bonchev–Trinajstić information content (AvgIpc) is 2.81. The molecule has 4 rings (SSSR count). The molecule has 0 spiro atoms. The smallest absolute Gasteiger partial charge is 0.257 e. The molecule has 7 heteroatoms. The van der Waals surface area contributed by atoms with Crippen LogP contribution in [0.5, 0.6) is 0 Å². The first-order valence-electron chi connectivity index (χ1n) is 9.97. The zero-order chi connectivity index (χ0) is 21.8. The molecule has 1 saturated heterocycles. The number of carbonyl (C=O) groups is 2. The summed E-state index contributed by atoms with van der Waals surface area (Å²) in [5, 5.41) is 3.42. The lowest BCUT2D eigenvalue weighted by Crippen LogP contribution is -2.49. The first kappa shape index (κ1) is 21.6. The van der Waals surface area contributed by atoms with E-state index in [0.717, 1.165) is 14.9 Å². The van der Waals surface area contributed by atoms with E-state index in [1.54, 1.807) is 12.1 Å². The van der Waals surface area contributed by atoms with Crippen LogP contribution in [0.4, 0.5) is 11.4 Å². The van der Waals surface area contributed by atoms with E-state index in [2.05, 4.69) is 32.8 Å². The van der Waals surface area contributed by atoms with Gasteiger partial charge >= 0.3 is 0 Å². The number of rotatable bonds is 4. The van der Waals surface area contributed by atoms with Crippen LogP contribution in [0.3, 0.4) is 0 Å². The molecule has 0 aliphatic carbocycles. The molecule has 1 heterocycles. The number of amides is 2. The Kier molecular flexibility index (Phi) is 6.77. The predicted molar refractivity (Wildman–Crippen MR) is 133 cm³/mol. The molecule has 1 N–H and O–H groups in total. The molecule has 0 aromatic heterocycles. The molecule has 0 atom stereocenters. The van der Waals surface area contributed by atoms with Crippen molar-refractivity contribution in [2.45, 2.75) is 0 Å². The number of nitrogens with one attached hydrogen (secondary N) is 1. The standard InChI is InChI=1S/C24H21ClIN3O2/c25-20-11-10-18(26)16-19(20)23(30)27-21-8-4-5-9-22(21)28-12-14-29(15-13-28)24(31)17-6-2-1-3-7-17/h1-11,16H,12-15H2,(H,27,30). The summed E-state index contributed by atoms with van der Waals surface area (Å²) in [4.78, 5) is 29.6. The predicted octanol–water partition coefficient (Wildman–Crippen LogP) is 5.16. The highest BCUT2D eigenvalue weighted by Gasteiger charge is 2.24. The van der Waals surface area contributed by atoms with Crippen molar-refractivity contribution < 1.29 is 9.59 Å². The minimum absolute atomic E-state index is 0.0511. The summed E-state index contributed by atoms with van der Waals surface area (Å²) in [5.41, 5.74) is 2.81. The fraction of sp³-hybridized carbons (Fsp3) is 0.167. The molecule has 1 fully saturated rings. The van der Waals surface area contributed by atoms with Crippen LogP contribution in [0.1, 0.15) is 20.7 Å². The second-order valence-corrected chi connectivity index (χ2v) is 8.89. The Morgan fingerprint density at radius 2 is 1.55 bits per heavy atom. The summed E-state index contributed by atoms with van der Waals surface area (Å²) in [6, 6.07) is 22.4. The Morgan fingerprint density at radius 3 is 2.29 bits per heavy atom. The highest BCUT2D eigenvalue weighted by atomic mass is 127. The SMILES string of the molecule is O=C(Nc1ccccc1N1CCN(C(=O)c2ccccc2)CC1)c1cc(I)ccc1Cl. The van der Waals surface area contributed by atoms with Gasteiger partial charge in [-0.3, -0.25) is 9.59 Å². The monoisotopic (exact) mass is 545 g/mol. The fourth-order valence-corrected chi connectivity index (χ4v) is 4.32. The van der Waals surface area contributed by atoms with E-state index in [1.165, 1.54) is 0 Å². The van der Waals surface area contributed by atoms with Gasteiger partial charge in [-0.15, -0.1) is 0 Å². The van der Waals surface area contributed by atoms with Crippen LogP contribution in [0.2, 0.25) is 5.02 Å². The summed E-state index contributed by atoms with van der Waals surface area (Å²) in [6.07, 6.45) is 0. The van der Waals surface area contributed by atoms with E-state index in [4.69, 9.17) is 11.6 Å². The molecular weight excluding hydrogens is 525 g/mol. The second kappa shape index (κ2) is 9.70. The Labute approximate surface area is 200 Å². The Balaban J connectivity index is 1.46. The van der Waals surface area contributed by atoms with Gasteiger partial charge in [-0.2, -0.15) is 0 Å². The Hall–Kier alpha value is -2.58. The number of anilines is 2. The van der Waals surface area contributed by atoms with Crippen molar-refractivity contribution in [3.8, 4) is 0 Å². The molecule has 158 valence electrons. The normalized spacial score (nSPS) is 13.7. The lowest BCUT2D eigenvalue weighted by atomic mass is 10.1. The summed E-state index contributed by atoms with van der Waals surface area (Å²) in [7, 11) is 0. The Bertz CT molecular complexity index is 1100. The third kappa shape index (κ3) is 5.02. The third-order valence-electron chi connectivity index (χ3n) is 5.25. The van der Waals surface area contributed by atoms with Crippen molar-refractivity contribution in [3.63, 3.8) is 0 Å². The van der Waals surface area contributed by atoms with Crippen molar-refractivity contribution >= 4 is 57.4 Å². The maximum atomic E-state index is 12.9. The number of benzene rings is 3. The molecule has 31 heavy (non-hydrogen) atoms. The van der Waals surface area contributed by atoms with E-state index in [9.17, 15) is 9.59 Å². The molecule has 1 aliphatic heterocycles. The van der Waals surface area contributed by atoms with Gasteiger partial charge in [0.05, 0.1) is 22.0 Å². The highest BCUT2D eigenvalue weighted by Crippen LogP contribution is 2.28. The van der Waals surface area contributed by atoms with E-state index in [0.29, 0.717) is 42.3 Å². The molecule has 0 saturated carbocycles. The summed E-state index contributed by atoms with van der Waals surface area (Å²) in [6.45, 7) is 2.63. The first-order chi connectivity index (χ1) is 15.0. The van der Waals surface area contributed by atoms with Crippen molar-refractivity contribution in [3.05, 3.63) is 92.5 Å². The number of piperazine rings is 1. The molecule has 0 radical (unpaired) electrons. The fourth-order valence-electron chi connectivity index (χ4n) is 3.63. The number of nitrogens with zero attached hydrogens (tertiary/aromatic N) is 2. The van der Waals surface area contributed by atoms with E-state index < -0.39 is 0 Å². The van der Waals surface area contributed by atoms with Crippen molar-refractivity contribution in [2.75, 3.05) is 36.4 Å². The summed E-state index contributed by atoms with van der Waals surface area (Å²) < 4.78 is 0.944. The van der Waals surface area contributed by atoms with E-state index in [1.807, 2.05) is 65.6 Å². The van der Waals surface area contributed by atoms with E-state index >= 15 is 0 Å². The van der Waals surface area contributed by atoms with Gasteiger partial charge < -0.3 is 15.1 Å². The maximum absolute atomic E-state index is 12.9. The Morgan fingerprint density at radius 1 is 0.871 bits per heavy atom. The van der Waals surface area contributed by atoms with Gasteiger partial charge in [-0.05, 0) is 65.1 Å². The van der Waals surface area contributed by atoms with Crippen molar-refractivity contribution in [2.24, 2.45) is 0 Å². The van der Waals surface area contributed by atoms with Gasteiger partial charge in [0.15, 0.2) is 0 Å². The third-order valence-corrected chi connectivity index (χ3v) is 6.25. The largest absolute Gasteiger partial charge is 0.366 e. The first-order valence-corrected chi connectivity index (χ1v) is 11.4. The minimum Gasteiger partial charge on any atom is -0.366 e. The number of para-hydroxylation sites is 2. The number of hydrogen-bond donors (Lipinski definition) is 1. The van der Waals surface area contributed by atoms with Gasteiger partial charge in [0, 0.05) is 35.3 Å². The van der Waals surface area contributed by atoms with Crippen LogP contribution in [-0.4, -0.2) is 42.9 Å². The van der Waals surface area contributed by atoms with Gasteiger partial charge in [-0.25, -0.2) is 0 Å². The van der Waals surface area contributed by atoms with Crippen LogP contribution in [-0.2, 0) is 0 Å². The number of carbonyl (C=O) groups excluding carboxylic acids is 2. The van der Waals surface area contributed by atoms with Gasteiger partial charge in [0.1, 0.15) is 0 Å². The van der Waals surface area contributed by atoms with Gasteiger partial charge in [-0.1, -0.05) is 41.9 Å². The number of hydrogen-bond acceptors (Lipinski definition) is 3. The topological polar surface area (TPSA) is 52.7 Å². The van der Waals surface area contributed by atoms with Gasteiger partial charge in [0.2, 0.25) is 0 Å². The lowest BCUT2D eigenvalue weighted by Gasteiger charge is -2.37. The van der Waals surface area contributed by atoms with Crippen molar-refractivity contribution in [1.29, 1.82) is 0 Å². The van der Waals surface area contributed by atoms with Crippen molar-refractivity contribution in [1.82, 2.24) is 4.90 Å². The maximum Gasteiger partial charge on any atom is 0.257 e. The second-order valence-electron chi connectivity index (χ2n) is 7.24. The molecule has 3 aromatic carbocycles. The lowest BCUT2D eigenvalue weighted by molar-refractivity contribution is 0.0746. The summed E-state index contributed by atoms with van der Waals surface area (Å²) >= 11 is 8.39. The summed E-state index contributed by atoms with van der Waals surface area (Å²) in [5.74, 6) is -0.191. The average molecular weight is 546 g/mol. The molecular formula is C24H21ClIN3O2. The van der Waals surface area contributed by atoms with Gasteiger partial charge in [0.25, 0.3) is 11.8 Å². The molecule has 2 amide bonds. The van der Waals surface area contributed by atoms with Crippen LogP contribution >= 0.6 is 34.2 Å². The van der Waals surface area contributed by atoms with Crippen LogP contribution in [0.25, 0.3) is 0 Å². The molecule has 3 aromatic rings. The van der Waals surface area contributed by atoms with Crippen LogP contribution in [0.15, 0.2) is 72.8 Å². The zero-order valence-corrected chi connectivity index (χ0v) is 19.6. The molecule has 5 nitrogen and oxygen atoms in total. The van der Waals surface area contributed by atoms with E-state index in [-0.39, 0.29) is 11.8 Å². The highest BCUT2D eigenvalue weighted by molar-refractivity contribution is 14.1. The quantitative estimate of drug-likeness (QED) is 0.461. The molecule has 0 bridgehead atoms. The van der Waals surface area contributed by atoms with Crippen LogP contribution in [0, 0.1) is 3.57 Å². The minimum atomic E-state index is -0.242. The van der Waals surface area contributed by atoms with Crippen LogP contribution < -0.4 is 10.2 Å². The number of halogens is 2. The molecule has 1 aliphatic rings.